The molecule has 0 unspecified atom stereocenters. The van der Waals surface area contributed by atoms with Crippen molar-refractivity contribution >= 4 is 11.9 Å². The smallest absolute Gasteiger partial charge is 0.337 e. The first-order chi connectivity index (χ1) is 13.8. The molecule has 29 heavy (non-hydrogen) atoms. The van der Waals surface area contributed by atoms with Crippen LogP contribution in [-0.4, -0.2) is 32.7 Å². The minimum atomic E-state index is -0.471. The maximum absolute atomic E-state index is 12.3. The molecule has 6 heteroatoms. The van der Waals surface area contributed by atoms with Gasteiger partial charge in [-0.2, -0.15) is 0 Å². The lowest BCUT2D eigenvalue weighted by Gasteiger charge is -2.16. The summed E-state index contributed by atoms with van der Waals surface area (Å²) in [7, 11) is 2.77. The summed E-state index contributed by atoms with van der Waals surface area (Å²) in [6.07, 6.45) is 1.03. The Hall–Kier alpha value is -3.02. The third kappa shape index (κ3) is 6.52. The number of carbonyl (C=O) groups is 2. The molecule has 0 aliphatic heterocycles. The standard InChI is InChI=1S/C23H29NO5/c1-15(2)12-17-6-8-18(9-7-17)16(3)24-22(25)14-29-20-11-10-19(23(26)28-5)13-21(20)27-4/h6-11,13,15-16H,12,14H2,1-5H3,(H,24,25)/t16-/m0/s1. The van der Waals surface area contributed by atoms with Gasteiger partial charge in [0, 0.05) is 0 Å². The van der Waals surface area contributed by atoms with E-state index < -0.39 is 5.97 Å². The minimum Gasteiger partial charge on any atom is -0.493 e. The highest BCUT2D eigenvalue weighted by Crippen LogP contribution is 2.28. The summed E-state index contributed by atoms with van der Waals surface area (Å²) in [5.74, 6) is 0.618. The largest absolute Gasteiger partial charge is 0.493 e. The molecule has 0 aliphatic carbocycles. The minimum absolute atomic E-state index is 0.136. The van der Waals surface area contributed by atoms with Crippen molar-refractivity contribution in [2.24, 2.45) is 5.92 Å². The van der Waals surface area contributed by atoms with Gasteiger partial charge in [-0.05, 0) is 48.6 Å². The molecule has 0 fully saturated rings. The van der Waals surface area contributed by atoms with Crippen molar-refractivity contribution in [3.63, 3.8) is 0 Å². The van der Waals surface area contributed by atoms with Crippen molar-refractivity contribution in [1.29, 1.82) is 0 Å². The van der Waals surface area contributed by atoms with E-state index in [0.29, 0.717) is 23.0 Å². The predicted molar refractivity (Wildman–Crippen MR) is 111 cm³/mol. The van der Waals surface area contributed by atoms with Gasteiger partial charge in [-0.15, -0.1) is 0 Å². The van der Waals surface area contributed by atoms with Crippen molar-refractivity contribution in [3.8, 4) is 11.5 Å². The van der Waals surface area contributed by atoms with Gasteiger partial charge < -0.3 is 19.5 Å². The number of carbonyl (C=O) groups excluding carboxylic acids is 2. The number of ether oxygens (including phenoxy) is 3. The van der Waals surface area contributed by atoms with Crippen LogP contribution in [0.1, 0.15) is 48.3 Å². The second-order valence-corrected chi connectivity index (χ2v) is 7.27. The summed E-state index contributed by atoms with van der Waals surface area (Å²) in [4.78, 5) is 23.9. The van der Waals surface area contributed by atoms with Crippen LogP contribution in [-0.2, 0) is 16.0 Å². The van der Waals surface area contributed by atoms with E-state index in [1.165, 1.54) is 25.8 Å². The maximum atomic E-state index is 12.3. The zero-order valence-corrected chi connectivity index (χ0v) is 17.7. The summed E-state index contributed by atoms with van der Waals surface area (Å²) in [5.41, 5.74) is 2.66. The van der Waals surface area contributed by atoms with Gasteiger partial charge >= 0.3 is 5.97 Å². The van der Waals surface area contributed by atoms with Crippen LogP contribution >= 0.6 is 0 Å². The van der Waals surface area contributed by atoms with Crippen molar-refractivity contribution in [2.75, 3.05) is 20.8 Å². The first kappa shape index (κ1) is 22.3. The average Bonchev–Trinajstić information content (AvgIpc) is 2.71. The third-order valence-corrected chi connectivity index (χ3v) is 4.44. The molecule has 1 amide bonds. The molecule has 1 N–H and O–H groups in total. The molecule has 2 aromatic carbocycles. The Labute approximate surface area is 172 Å². The quantitative estimate of drug-likeness (QED) is 0.647. The fourth-order valence-corrected chi connectivity index (χ4v) is 2.96. The van der Waals surface area contributed by atoms with E-state index in [2.05, 4.69) is 36.0 Å². The highest BCUT2D eigenvalue weighted by Gasteiger charge is 2.14. The van der Waals surface area contributed by atoms with Crippen LogP contribution in [0.5, 0.6) is 11.5 Å². The van der Waals surface area contributed by atoms with Crippen LogP contribution in [0.2, 0.25) is 0 Å². The van der Waals surface area contributed by atoms with Crippen molar-refractivity contribution in [3.05, 3.63) is 59.2 Å². The lowest BCUT2D eigenvalue weighted by Crippen LogP contribution is -2.31. The van der Waals surface area contributed by atoms with Gasteiger partial charge in [0.05, 0.1) is 25.8 Å². The second kappa shape index (κ2) is 10.5. The van der Waals surface area contributed by atoms with Gasteiger partial charge in [-0.25, -0.2) is 4.79 Å². The van der Waals surface area contributed by atoms with Crippen LogP contribution < -0.4 is 14.8 Å². The third-order valence-electron chi connectivity index (χ3n) is 4.44. The second-order valence-electron chi connectivity index (χ2n) is 7.27. The van der Waals surface area contributed by atoms with Gasteiger partial charge in [0.25, 0.3) is 5.91 Å². The van der Waals surface area contributed by atoms with Gasteiger partial charge in [-0.3, -0.25) is 4.79 Å². The summed E-state index contributed by atoms with van der Waals surface area (Å²) in [5, 5.41) is 2.92. The summed E-state index contributed by atoms with van der Waals surface area (Å²) in [6, 6.07) is 12.8. The van der Waals surface area contributed by atoms with Gasteiger partial charge in [0.2, 0.25) is 0 Å². The van der Waals surface area contributed by atoms with Crippen molar-refractivity contribution in [2.45, 2.75) is 33.2 Å². The lowest BCUT2D eigenvalue weighted by molar-refractivity contribution is -0.123. The molecule has 0 spiro atoms. The fourth-order valence-electron chi connectivity index (χ4n) is 2.96. The van der Waals surface area contributed by atoms with Crippen LogP contribution in [0, 0.1) is 5.92 Å². The zero-order chi connectivity index (χ0) is 21.4. The summed E-state index contributed by atoms with van der Waals surface area (Å²) in [6.45, 7) is 6.15. The Kier molecular flexibility index (Phi) is 8.07. The number of methoxy groups -OCH3 is 2. The highest BCUT2D eigenvalue weighted by atomic mass is 16.5. The molecule has 0 bridgehead atoms. The Balaban J connectivity index is 1.93. The molecule has 1 atom stereocenters. The highest BCUT2D eigenvalue weighted by molar-refractivity contribution is 5.90. The Bertz CT molecular complexity index is 830. The lowest BCUT2D eigenvalue weighted by atomic mass is 10.00. The average molecular weight is 399 g/mol. The van der Waals surface area contributed by atoms with Crippen molar-refractivity contribution in [1.82, 2.24) is 5.32 Å². The maximum Gasteiger partial charge on any atom is 0.337 e. The van der Waals surface area contributed by atoms with Crippen molar-refractivity contribution < 1.29 is 23.8 Å². The van der Waals surface area contributed by atoms with Crippen LogP contribution in [0.3, 0.4) is 0 Å². The number of benzene rings is 2. The first-order valence-electron chi connectivity index (χ1n) is 9.61. The molecule has 0 saturated heterocycles. The van der Waals surface area contributed by atoms with E-state index in [0.717, 1.165) is 12.0 Å². The van der Waals surface area contributed by atoms with E-state index in [-0.39, 0.29) is 18.6 Å². The Morgan fingerprint density at radius 1 is 0.966 bits per heavy atom. The molecular formula is C23H29NO5. The molecule has 0 heterocycles. The SMILES string of the molecule is COC(=O)c1ccc(OCC(=O)N[C@@H](C)c2ccc(CC(C)C)cc2)c(OC)c1. The number of esters is 1. The zero-order valence-electron chi connectivity index (χ0n) is 17.7. The van der Waals surface area contributed by atoms with Gasteiger partial charge in [-0.1, -0.05) is 38.1 Å². The van der Waals surface area contributed by atoms with E-state index >= 15 is 0 Å². The molecule has 156 valence electrons. The molecule has 2 aromatic rings. The Morgan fingerprint density at radius 3 is 2.24 bits per heavy atom. The van der Waals surface area contributed by atoms with Crippen LogP contribution in [0.4, 0.5) is 0 Å². The normalized spacial score (nSPS) is 11.7. The number of amides is 1. The van der Waals surface area contributed by atoms with E-state index in [4.69, 9.17) is 9.47 Å². The van der Waals surface area contributed by atoms with E-state index in [1.54, 1.807) is 12.1 Å². The molecule has 0 saturated carbocycles. The summed E-state index contributed by atoms with van der Waals surface area (Å²) < 4.78 is 15.5. The molecule has 0 radical (unpaired) electrons. The molecule has 2 rings (SSSR count). The number of nitrogens with one attached hydrogen (secondary N) is 1. The number of rotatable bonds is 9. The molecule has 0 aliphatic rings. The van der Waals surface area contributed by atoms with Gasteiger partial charge in [0.15, 0.2) is 18.1 Å². The monoisotopic (exact) mass is 399 g/mol. The van der Waals surface area contributed by atoms with Gasteiger partial charge in [0.1, 0.15) is 0 Å². The number of hydrogen-bond acceptors (Lipinski definition) is 5. The topological polar surface area (TPSA) is 73.9 Å². The van der Waals surface area contributed by atoms with Crippen LogP contribution in [0.25, 0.3) is 0 Å². The van der Waals surface area contributed by atoms with Crippen LogP contribution in [0.15, 0.2) is 42.5 Å². The summed E-state index contributed by atoms with van der Waals surface area (Å²) >= 11 is 0. The predicted octanol–water partition coefficient (Wildman–Crippen LogP) is 3.94. The fraction of sp³-hybridized carbons (Fsp3) is 0.391. The van der Waals surface area contributed by atoms with E-state index in [1.807, 2.05) is 19.1 Å². The Morgan fingerprint density at radius 2 is 1.66 bits per heavy atom. The first-order valence-corrected chi connectivity index (χ1v) is 9.61. The molecular weight excluding hydrogens is 370 g/mol. The van der Waals surface area contributed by atoms with E-state index in [9.17, 15) is 9.59 Å². The number of hydrogen-bond donors (Lipinski definition) is 1. The molecule has 0 aromatic heterocycles. The molecule has 6 nitrogen and oxygen atoms in total.